The number of hydrogen-bond acceptors (Lipinski definition) is 2. The van der Waals surface area contributed by atoms with Gasteiger partial charge in [-0.1, -0.05) is 23.7 Å². The molecule has 1 heterocycles. The molecule has 0 aliphatic rings. The minimum atomic E-state index is 0.687. The molecule has 0 atom stereocenters. The molecule has 3 rings (SSSR count). The number of nitrogens with two attached hydrogens (primary N) is 1. The summed E-state index contributed by atoms with van der Waals surface area (Å²) >= 11 is 6.26. The van der Waals surface area contributed by atoms with Gasteiger partial charge in [0.05, 0.1) is 22.4 Å². The number of anilines is 1. The molecule has 0 fully saturated rings. The van der Waals surface area contributed by atoms with Crippen LogP contribution in [0.4, 0.5) is 5.69 Å². The highest BCUT2D eigenvalue weighted by molar-refractivity contribution is 6.34. The molecule has 84 valence electrons. The summed E-state index contributed by atoms with van der Waals surface area (Å²) in [5, 5.41) is 0.687. The fourth-order valence-corrected chi connectivity index (χ4v) is 2.16. The lowest BCUT2D eigenvalue weighted by Gasteiger charge is -2.05. The molecule has 0 radical (unpaired) electrons. The molecule has 0 amide bonds. The van der Waals surface area contributed by atoms with E-state index in [1.165, 1.54) is 0 Å². The van der Waals surface area contributed by atoms with Gasteiger partial charge in [-0.2, -0.15) is 0 Å². The number of halogens is 1. The molecule has 0 saturated heterocycles. The van der Waals surface area contributed by atoms with Gasteiger partial charge in [0.25, 0.3) is 0 Å². The van der Waals surface area contributed by atoms with Gasteiger partial charge in [-0.15, -0.1) is 0 Å². The Kier molecular flexibility index (Phi) is 2.27. The fraction of sp³-hybridized carbons (Fsp3) is 0. The first-order valence-electron chi connectivity index (χ1n) is 5.22. The summed E-state index contributed by atoms with van der Waals surface area (Å²) in [7, 11) is 0. The summed E-state index contributed by atoms with van der Waals surface area (Å²) in [6, 6.07) is 11.5. The van der Waals surface area contributed by atoms with E-state index in [-0.39, 0.29) is 0 Å². The molecule has 1 aromatic heterocycles. The molecular formula is C13H10ClN3. The molecule has 0 bridgehead atoms. The van der Waals surface area contributed by atoms with E-state index in [4.69, 9.17) is 17.3 Å². The zero-order chi connectivity index (χ0) is 11.8. The third-order valence-electron chi connectivity index (χ3n) is 2.71. The van der Waals surface area contributed by atoms with Gasteiger partial charge < -0.3 is 10.7 Å². The number of nitrogens with one attached hydrogen (secondary N) is 1. The van der Waals surface area contributed by atoms with Gasteiger partial charge in [0, 0.05) is 11.3 Å². The maximum Gasteiger partial charge on any atom is 0.0931 e. The zero-order valence-corrected chi connectivity index (χ0v) is 9.70. The lowest BCUT2D eigenvalue weighted by atomic mass is 10.0. The van der Waals surface area contributed by atoms with Crippen molar-refractivity contribution in [1.82, 2.24) is 9.97 Å². The van der Waals surface area contributed by atoms with Gasteiger partial charge in [-0.25, -0.2) is 4.98 Å². The van der Waals surface area contributed by atoms with Crippen LogP contribution in [-0.4, -0.2) is 9.97 Å². The van der Waals surface area contributed by atoms with Gasteiger partial charge in [-0.05, 0) is 29.8 Å². The number of fused-ring (bicyclic) bond motifs is 1. The fourth-order valence-electron chi connectivity index (χ4n) is 1.88. The highest BCUT2D eigenvalue weighted by Gasteiger charge is 2.07. The molecule has 17 heavy (non-hydrogen) atoms. The summed E-state index contributed by atoms with van der Waals surface area (Å²) in [5.41, 5.74) is 10.3. The standard InChI is InChI=1S/C13H10ClN3/c14-11-6-13-12(16-7-17-13)5-10(11)8-2-1-3-9(15)4-8/h1-7H,15H2,(H,16,17). The minimum Gasteiger partial charge on any atom is -0.399 e. The molecule has 0 unspecified atom stereocenters. The molecule has 3 nitrogen and oxygen atoms in total. The number of nitrogens with zero attached hydrogens (tertiary/aromatic N) is 1. The second kappa shape index (κ2) is 3.79. The van der Waals surface area contributed by atoms with Crippen LogP contribution in [0.2, 0.25) is 5.02 Å². The lowest BCUT2D eigenvalue weighted by Crippen LogP contribution is -1.86. The summed E-state index contributed by atoms with van der Waals surface area (Å²) < 4.78 is 0. The summed E-state index contributed by atoms with van der Waals surface area (Å²) in [6.07, 6.45) is 1.66. The molecule has 0 saturated carbocycles. The predicted octanol–water partition coefficient (Wildman–Crippen LogP) is 3.47. The Balaban J connectivity index is 2.25. The minimum absolute atomic E-state index is 0.687. The van der Waals surface area contributed by atoms with E-state index in [1.807, 2.05) is 36.4 Å². The number of benzene rings is 2. The van der Waals surface area contributed by atoms with E-state index in [2.05, 4.69) is 9.97 Å². The number of imidazole rings is 1. The van der Waals surface area contributed by atoms with Crippen LogP contribution in [0.5, 0.6) is 0 Å². The number of aromatic amines is 1. The third kappa shape index (κ3) is 1.74. The van der Waals surface area contributed by atoms with Crippen LogP contribution in [0.1, 0.15) is 0 Å². The molecule has 4 heteroatoms. The highest BCUT2D eigenvalue weighted by atomic mass is 35.5. The second-order valence-electron chi connectivity index (χ2n) is 3.88. The maximum atomic E-state index is 6.26. The van der Waals surface area contributed by atoms with Crippen molar-refractivity contribution in [3.05, 3.63) is 47.7 Å². The van der Waals surface area contributed by atoms with Crippen LogP contribution in [0, 0.1) is 0 Å². The number of nitrogen functional groups attached to an aromatic ring is 1. The van der Waals surface area contributed by atoms with Gasteiger partial charge in [0.1, 0.15) is 0 Å². The van der Waals surface area contributed by atoms with Crippen LogP contribution in [-0.2, 0) is 0 Å². The Morgan fingerprint density at radius 1 is 1.18 bits per heavy atom. The van der Waals surface area contributed by atoms with Gasteiger partial charge in [0.2, 0.25) is 0 Å². The average molecular weight is 244 g/mol. The Morgan fingerprint density at radius 2 is 2.06 bits per heavy atom. The van der Waals surface area contributed by atoms with E-state index in [0.29, 0.717) is 5.02 Å². The summed E-state index contributed by atoms with van der Waals surface area (Å²) in [6.45, 7) is 0. The smallest absolute Gasteiger partial charge is 0.0931 e. The van der Waals surface area contributed by atoms with Crippen LogP contribution >= 0.6 is 11.6 Å². The Bertz CT molecular complexity index is 688. The summed E-state index contributed by atoms with van der Waals surface area (Å²) in [5.74, 6) is 0. The molecule has 0 aliphatic heterocycles. The first kappa shape index (κ1) is 10.2. The second-order valence-corrected chi connectivity index (χ2v) is 4.28. The molecule has 2 aromatic carbocycles. The van der Waals surface area contributed by atoms with Crippen molar-refractivity contribution in [3.8, 4) is 11.1 Å². The van der Waals surface area contributed by atoms with E-state index in [9.17, 15) is 0 Å². The van der Waals surface area contributed by atoms with Crippen LogP contribution < -0.4 is 5.73 Å². The average Bonchev–Trinajstić information content (AvgIpc) is 2.75. The van der Waals surface area contributed by atoms with Gasteiger partial charge in [-0.3, -0.25) is 0 Å². The van der Waals surface area contributed by atoms with Crippen molar-refractivity contribution in [1.29, 1.82) is 0 Å². The number of hydrogen-bond donors (Lipinski definition) is 2. The predicted molar refractivity (Wildman–Crippen MR) is 71.0 cm³/mol. The highest BCUT2D eigenvalue weighted by Crippen LogP contribution is 2.31. The molecule has 3 N–H and O–H groups in total. The van der Waals surface area contributed by atoms with Gasteiger partial charge >= 0.3 is 0 Å². The van der Waals surface area contributed by atoms with Gasteiger partial charge in [0.15, 0.2) is 0 Å². The molecular weight excluding hydrogens is 234 g/mol. The number of aromatic nitrogens is 2. The van der Waals surface area contributed by atoms with E-state index in [0.717, 1.165) is 27.8 Å². The first-order valence-corrected chi connectivity index (χ1v) is 5.60. The normalized spacial score (nSPS) is 10.9. The molecule has 0 aliphatic carbocycles. The topological polar surface area (TPSA) is 54.7 Å². The van der Waals surface area contributed by atoms with E-state index >= 15 is 0 Å². The maximum absolute atomic E-state index is 6.26. The summed E-state index contributed by atoms with van der Waals surface area (Å²) in [4.78, 5) is 7.25. The van der Waals surface area contributed by atoms with E-state index in [1.54, 1.807) is 6.33 Å². The largest absolute Gasteiger partial charge is 0.399 e. The van der Waals surface area contributed by atoms with Crippen LogP contribution in [0.15, 0.2) is 42.7 Å². The number of rotatable bonds is 1. The van der Waals surface area contributed by atoms with Crippen molar-refractivity contribution in [3.63, 3.8) is 0 Å². The lowest BCUT2D eigenvalue weighted by molar-refractivity contribution is 1.34. The quantitative estimate of drug-likeness (QED) is 0.643. The van der Waals surface area contributed by atoms with Crippen molar-refractivity contribution >= 4 is 28.3 Å². The van der Waals surface area contributed by atoms with Crippen molar-refractivity contribution < 1.29 is 0 Å². The monoisotopic (exact) mass is 243 g/mol. The third-order valence-corrected chi connectivity index (χ3v) is 3.02. The van der Waals surface area contributed by atoms with Crippen molar-refractivity contribution in [2.24, 2.45) is 0 Å². The van der Waals surface area contributed by atoms with Crippen molar-refractivity contribution in [2.75, 3.05) is 5.73 Å². The van der Waals surface area contributed by atoms with Crippen LogP contribution in [0.25, 0.3) is 22.2 Å². The Morgan fingerprint density at radius 3 is 2.88 bits per heavy atom. The number of H-pyrrole nitrogens is 1. The molecule has 0 spiro atoms. The Hall–Kier alpha value is -2.00. The Labute approximate surface area is 103 Å². The SMILES string of the molecule is Nc1cccc(-c2cc3nc[nH]c3cc2Cl)c1. The van der Waals surface area contributed by atoms with Crippen LogP contribution in [0.3, 0.4) is 0 Å². The zero-order valence-electron chi connectivity index (χ0n) is 8.94. The van der Waals surface area contributed by atoms with E-state index < -0.39 is 0 Å². The molecule has 3 aromatic rings. The van der Waals surface area contributed by atoms with Crippen molar-refractivity contribution in [2.45, 2.75) is 0 Å². The first-order chi connectivity index (χ1) is 8.24.